The molecule has 0 aliphatic heterocycles. The number of pyridine rings is 1. The lowest BCUT2D eigenvalue weighted by atomic mass is 10.2. The van der Waals surface area contributed by atoms with E-state index in [0.717, 1.165) is 0 Å². The number of hydrogen-bond acceptors (Lipinski definition) is 3. The minimum Gasteiger partial charge on any atom is -0.480 e. The molecule has 4 nitrogen and oxygen atoms in total. The van der Waals surface area contributed by atoms with Crippen molar-refractivity contribution in [2.75, 3.05) is 0 Å². The second-order valence-electron chi connectivity index (χ2n) is 2.07. The molecule has 0 aliphatic carbocycles. The van der Waals surface area contributed by atoms with Crippen LogP contribution in [0, 0.1) is 0 Å². The minimum absolute atomic E-state index is 0.375. The van der Waals surface area contributed by atoms with E-state index < -0.39 is 12.0 Å². The third kappa shape index (κ3) is 1.75. The van der Waals surface area contributed by atoms with Crippen molar-refractivity contribution in [3.63, 3.8) is 0 Å². The Bertz CT molecular complexity index is 248. The van der Waals surface area contributed by atoms with Crippen molar-refractivity contribution >= 4 is 5.97 Å². The van der Waals surface area contributed by atoms with E-state index in [4.69, 9.17) is 10.8 Å². The molecular formula is C7H8N2O2. The quantitative estimate of drug-likeness (QED) is 0.633. The fourth-order valence-corrected chi connectivity index (χ4v) is 0.686. The lowest BCUT2D eigenvalue weighted by Gasteiger charge is -2.03. The second-order valence-corrected chi connectivity index (χ2v) is 2.07. The maximum Gasteiger partial charge on any atom is 0.326 e. The number of carbonyl (C=O) groups is 1. The zero-order chi connectivity index (χ0) is 8.27. The van der Waals surface area contributed by atoms with Gasteiger partial charge >= 0.3 is 5.97 Å². The Morgan fingerprint density at radius 3 is 2.82 bits per heavy atom. The second kappa shape index (κ2) is 3.12. The largest absolute Gasteiger partial charge is 0.480 e. The molecule has 0 bridgehead atoms. The molecule has 0 aliphatic rings. The summed E-state index contributed by atoms with van der Waals surface area (Å²) in [5, 5.41) is 8.47. The number of nitrogens with zero attached hydrogens (tertiary/aromatic N) is 1. The summed E-state index contributed by atoms with van der Waals surface area (Å²) in [4.78, 5) is 14.1. The highest BCUT2D eigenvalue weighted by Gasteiger charge is 2.13. The Balaban J connectivity index is 2.85. The summed E-state index contributed by atoms with van der Waals surface area (Å²) in [6.07, 6.45) is 1.51. The molecule has 0 saturated carbocycles. The topological polar surface area (TPSA) is 76.2 Å². The van der Waals surface area contributed by atoms with Crippen LogP contribution in [0.15, 0.2) is 24.4 Å². The van der Waals surface area contributed by atoms with Crippen molar-refractivity contribution < 1.29 is 9.90 Å². The Kier molecular flexibility index (Phi) is 2.18. The van der Waals surface area contributed by atoms with Crippen LogP contribution >= 0.6 is 0 Å². The van der Waals surface area contributed by atoms with Gasteiger partial charge in [0.25, 0.3) is 0 Å². The average Bonchev–Trinajstić information content (AvgIpc) is 2.05. The zero-order valence-electron chi connectivity index (χ0n) is 5.77. The number of rotatable bonds is 2. The first kappa shape index (κ1) is 7.68. The molecule has 1 atom stereocenters. The van der Waals surface area contributed by atoms with Gasteiger partial charge in [-0.25, -0.2) is 0 Å². The fraction of sp³-hybridized carbons (Fsp3) is 0.143. The Hall–Kier alpha value is -1.42. The van der Waals surface area contributed by atoms with Gasteiger partial charge in [-0.05, 0) is 12.1 Å². The van der Waals surface area contributed by atoms with Crippen LogP contribution in [0.3, 0.4) is 0 Å². The minimum atomic E-state index is -1.07. The van der Waals surface area contributed by atoms with Gasteiger partial charge < -0.3 is 10.8 Å². The number of aliphatic carboxylic acids is 1. The van der Waals surface area contributed by atoms with Gasteiger partial charge in [-0.3, -0.25) is 9.78 Å². The summed E-state index contributed by atoms with van der Waals surface area (Å²) in [6, 6.07) is 3.97. The Labute approximate surface area is 63.7 Å². The molecule has 1 aromatic rings. The van der Waals surface area contributed by atoms with E-state index in [1.54, 1.807) is 18.2 Å². The molecule has 1 aromatic heterocycles. The summed E-state index contributed by atoms with van der Waals surface area (Å²) in [5.74, 6) is -1.07. The van der Waals surface area contributed by atoms with Crippen molar-refractivity contribution in [1.29, 1.82) is 0 Å². The van der Waals surface area contributed by atoms with Gasteiger partial charge in [0.15, 0.2) is 0 Å². The summed E-state index contributed by atoms with van der Waals surface area (Å²) in [5.41, 5.74) is 5.65. The monoisotopic (exact) mass is 152 g/mol. The van der Waals surface area contributed by atoms with Crippen LogP contribution in [-0.4, -0.2) is 16.1 Å². The van der Waals surface area contributed by atoms with Gasteiger partial charge in [0, 0.05) is 6.20 Å². The molecule has 4 heteroatoms. The van der Waals surface area contributed by atoms with E-state index in [-0.39, 0.29) is 0 Å². The van der Waals surface area contributed by atoms with Gasteiger partial charge in [0.2, 0.25) is 0 Å². The Morgan fingerprint density at radius 2 is 2.36 bits per heavy atom. The third-order valence-corrected chi connectivity index (χ3v) is 1.27. The highest BCUT2D eigenvalue weighted by molar-refractivity contribution is 5.74. The average molecular weight is 152 g/mol. The van der Waals surface area contributed by atoms with Gasteiger partial charge in [-0.15, -0.1) is 0 Å². The summed E-state index contributed by atoms with van der Waals surface area (Å²) in [6.45, 7) is 0. The molecule has 0 radical (unpaired) electrons. The smallest absolute Gasteiger partial charge is 0.326 e. The van der Waals surface area contributed by atoms with Crippen LogP contribution in [0.4, 0.5) is 0 Å². The molecule has 0 spiro atoms. The summed E-state index contributed by atoms with van der Waals surface area (Å²) < 4.78 is 0. The first-order valence-corrected chi connectivity index (χ1v) is 3.11. The van der Waals surface area contributed by atoms with Crippen molar-refractivity contribution in [3.05, 3.63) is 30.1 Å². The molecule has 0 saturated heterocycles. The van der Waals surface area contributed by atoms with Gasteiger partial charge in [0.1, 0.15) is 6.04 Å². The number of carboxylic acid groups (broad SMARTS) is 1. The van der Waals surface area contributed by atoms with E-state index in [0.29, 0.717) is 5.69 Å². The lowest BCUT2D eigenvalue weighted by Crippen LogP contribution is -2.21. The number of hydrogen-bond donors (Lipinski definition) is 2. The highest BCUT2D eigenvalue weighted by Crippen LogP contribution is 2.04. The van der Waals surface area contributed by atoms with E-state index in [9.17, 15) is 4.79 Å². The maximum atomic E-state index is 10.3. The zero-order valence-corrected chi connectivity index (χ0v) is 5.77. The predicted molar refractivity (Wildman–Crippen MR) is 38.8 cm³/mol. The molecule has 1 heterocycles. The standard InChI is InChI=1S/C7H8N2O2/c8-6(7(10)11)5-3-1-2-4-9-5/h1-4,6H,8H2,(H,10,11). The predicted octanol–water partition coefficient (Wildman–Crippen LogP) is 0.166. The van der Waals surface area contributed by atoms with Crippen LogP contribution in [-0.2, 0) is 4.79 Å². The van der Waals surface area contributed by atoms with Gasteiger partial charge in [-0.2, -0.15) is 0 Å². The van der Waals surface area contributed by atoms with Crippen molar-refractivity contribution in [2.24, 2.45) is 5.73 Å². The van der Waals surface area contributed by atoms with Crippen LogP contribution in [0.2, 0.25) is 0 Å². The van der Waals surface area contributed by atoms with Crippen molar-refractivity contribution in [1.82, 2.24) is 4.98 Å². The summed E-state index contributed by atoms with van der Waals surface area (Å²) >= 11 is 0. The first-order chi connectivity index (χ1) is 5.22. The molecule has 58 valence electrons. The van der Waals surface area contributed by atoms with Gasteiger partial charge in [-0.1, -0.05) is 6.07 Å². The maximum absolute atomic E-state index is 10.3. The number of nitrogens with two attached hydrogens (primary N) is 1. The summed E-state index contributed by atoms with van der Waals surface area (Å²) in [7, 11) is 0. The van der Waals surface area contributed by atoms with E-state index >= 15 is 0 Å². The molecule has 3 N–H and O–H groups in total. The third-order valence-electron chi connectivity index (χ3n) is 1.27. The first-order valence-electron chi connectivity index (χ1n) is 3.11. The van der Waals surface area contributed by atoms with E-state index in [2.05, 4.69) is 4.98 Å². The molecule has 0 amide bonds. The number of carboxylic acids is 1. The van der Waals surface area contributed by atoms with Crippen LogP contribution in [0.5, 0.6) is 0 Å². The van der Waals surface area contributed by atoms with E-state index in [1.807, 2.05) is 0 Å². The fourth-order valence-electron chi connectivity index (χ4n) is 0.686. The van der Waals surface area contributed by atoms with Crippen LogP contribution in [0.25, 0.3) is 0 Å². The SMILES string of the molecule is NC(C(=O)O)c1ccccn1. The molecule has 1 rings (SSSR count). The number of aromatic nitrogens is 1. The van der Waals surface area contributed by atoms with Crippen LogP contribution < -0.4 is 5.73 Å². The molecule has 1 unspecified atom stereocenters. The van der Waals surface area contributed by atoms with Crippen molar-refractivity contribution in [3.8, 4) is 0 Å². The molecule has 0 fully saturated rings. The Morgan fingerprint density at radius 1 is 1.64 bits per heavy atom. The van der Waals surface area contributed by atoms with Gasteiger partial charge in [0.05, 0.1) is 5.69 Å². The van der Waals surface area contributed by atoms with Crippen molar-refractivity contribution in [2.45, 2.75) is 6.04 Å². The van der Waals surface area contributed by atoms with E-state index in [1.165, 1.54) is 6.20 Å². The molecule has 0 aromatic carbocycles. The highest BCUT2D eigenvalue weighted by atomic mass is 16.4. The normalized spacial score (nSPS) is 12.5. The molecular weight excluding hydrogens is 144 g/mol. The lowest BCUT2D eigenvalue weighted by molar-refractivity contribution is -0.138. The molecule has 11 heavy (non-hydrogen) atoms. The van der Waals surface area contributed by atoms with Crippen LogP contribution in [0.1, 0.15) is 11.7 Å².